The van der Waals surface area contributed by atoms with Gasteiger partial charge in [0.25, 0.3) is 11.2 Å². The first kappa shape index (κ1) is 29.1. The van der Waals surface area contributed by atoms with Crippen molar-refractivity contribution in [1.82, 2.24) is 4.57 Å². The van der Waals surface area contributed by atoms with E-state index in [0.717, 1.165) is 22.1 Å². The average Bonchev–Trinajstić information content (AvgIpc) is 3.59. The van der Waals surface area contributed by atoms with Crippen LogP contribution in [0, 0.1) is 10.1 Å². The monoisotopic (exact) mass is 629 g/mol. The summed E-state index contributed by atoms with van der Waals surface area (Å²) in [5.41, 5.74) is 1.08. The van der Waals surface area contributed by atoms with Crippen molar-refractivity contribution in [3.63, 3.8) is 0 Å². The molecule has 10 nitrogen and oxygen atoms in total. The summed E-state index contributed by atoms with van der Waals surface area (Å²) in [6.07, 6.45) is 1.56. The number of nitro benzene ring substituents is 1. The summed E-state index contributed by atoms with van der Waals surface area (Å²) in [4.78, 5) is 43.5. The number of benzene rings is 3. The third kappa shape index (κ3) is 4.99. The zero-order valence-corrected chi connectivity index (χ0v) is 25.3. The molecule has 1 aliphatic heterocycles. The highest BCUT2D eigenvalue weighted by Crippen LogP contribution is 2.38. The third-order valence-electron chi connectivity index (χ3n) is 7.27. The minimum Gasteiger partial charge on any atom is -0.496 e. The van der Waals surface area contributed by atoms with Crippen LogP contribution in [0.15, 0.2) is 92.2 Å². The number of aromatic nitrogens is 1. The van der Waals surface area contributed by atoms with Gasteiger partial charge in [0.2, 0.25) is 0 Å². The number of halogens is 1. The summed E-state index contributed by atoms with van der Waals surface area (Å²) in [7, 11) is 1.59. The van der Waals surface area contributed by atoms with Gasteiger partial charge in [0.05, 0.1) is 46.0 Å². The molecule has 3 heterocycles. The lowest BCUT2D eigenvalue weighted by Crippen LogP contribution is -2.40. The minimum atomic E-state index is -0.827. The molecule has 0 amide bonds. The summed E-state index contributed by atoms with van der Waals surface area (Å²) < 4.78 is 18.7. The number of methoxy groups -OCH3 is 1. The van der Waals surface area contributed by atoms with Crippen LogP contribution in [0.1, 0.15) is 31.2 Å². The van der Waals surface area contributed by atoms with E-state index in [9.17, 15) is 19.7 Å². The van der Waals surface area contributed by atoms with Gasteiger partial charge in [-0.05, 0) is 55.1 Å². The zero-order chi connectivity index (χ0) is 31.1. The number of carbonyl (C=O) groups excluding carboxylic acids is 1. The van der Waals surface area contributed by atoms with Crippen molar-refractivity contribution < 1.29 is 23.6 Å². The van der Waals surface area contributed by atoms with Crippen LogP contribution in [0.2, 0.25) is 5.02 Å². The predicted molar refractivity (Wildman–Crippen MR) is 167 cm³/mol. The predicted octanol–water partition coefficient (Wildman–Crippen LogP) is 5.78. The molecule has 12 heteroatoms. The number of esters is 1. The van der Waals surface area contributed by atoms with Gasteiger partial charge >= 0.3 is 5.97 Å². The van der Waals surface area contributed by atoms with Gasteiger partial charge < -0.3 is 13.9 Å². The Hall–Kier alpha value is -5.00. The van der Waals surface area contributed by atoms with E-state index in [2.05, 4.69) is 4.99 Å². The standard InChI is InChI=1S/C32H24ClN3O7S/c1-4-42-31(38)28-17(2)34-32-35(29(28)22-12-14-25(41-3)21-8-6-5-7-20(21)22)30(37)27(44-32)16-19-10-13-26(43-19)23-11-9-18(33)15-24(23)36(39)40/h5-16,29H,4H2,1-3H3/b27-16+/t29-/m0/s1. The Morgan fingerprint density at radius 1 is 1.16 bits per heavy atom. The third-order valence-corrected chi connectivity index (χ3v) is 8.49. The van der Waals surface area contributed by atoms with E-state index in [1.54, 1.807) is 39.2 Å². The number of rotatable bonds is 7. The molecule has 0 saturated carbocycles. The number of thiazole rings is 1. The largest absolute Gasteiger partial charge is 0.496 e. The number of ether oxygens (including phenoxy) is 2. The first-order valence-corrected chi connectivity index (χ1v) is 14.7. The Kier molecular flexibility index (Phi) is 7.66. The molecule has 0 unspecified atom stereocenters. The highest BCUT2D eigenvalue weighted by Gasteiger charge is 2.34. The van der Waals surface area contributed by atoms with E-state index < -0.39 is 16.9 Å². The first-order chi connectivity index (χ1) is 21.2. The van der Waals surface area contributed by atoms with Gasteiger partial charge in [0.1, 0.15) is 17.3 Å². The smallest absolute Gasteiger partial charge is 0.338 e. The number of hydrogen-bond donors (Lipinski definition) is 0. The van der Waals surface area contributed by atoms with Crippen molar-refractivity contribution in [2.45, 2.75) is 19.9 Å². The fourth-order valence-corrected chi connectivity index (χ4v) is 6.56. The summed E-state index contributed by atoms with van der Waals surface area (Å²) in [6, 6.07) is 18.0. The van der Waals surface area contributed by atoms with Crippen molar-refractivity contribution in [3.05, 3.63) is 124 Å². The first-order valence-electron chi connectivity index (χ1n) is 13.5. The number of furan rings is 1. The Balaban J connectivity index is 1.53. The molecule has 0 spiro atoms. The SMILES string of the molecule is CCOC(=O)C1=C(C)N=c2s/c(=C/c3ccc(-c4ccc(Cl)cc4[N+](=O)[O-])o3)c(=O)n2[C@H]1c1ccc(OC)c2ccccc12. The maximum atomic E-state index is 14.1. The summed E-state index contributed by atoms with van der Waals surface area (Å²) >= 11 is 7.11. The summed E-state index contributed by atoms with van der Waals surface area (Å²) in [5, 5.41) is 13.5. The molecule has 2 aromatic heterocycles. The normalized spacial score (nSPS) is 14.8. The van der Waals surface area contributed by atoms with Crippen molar-refractivity contribution in [1.29, 1.82) is 0 Å². The molecular formula is C32H24ClN3O7S. The quantitative estimate of drug-likeness (QED) is 0.127. The molecule has 0 radical (unpaired) electrons. The number of allylic oxidation sites excluding steroid dienone is 1. The maximum absolute atomic E-state index is 14.1. The van der Waals surface area contributed by atoms with Crippen molar-refractivity contribution >= 4 is 51.4 Å². The van der Waals surface area contributed by atoms with E-state index in [1.165, 1.54) is 22.8 Å². The van der Waals surface area contributed by atoms with Crippen LogP contribution in [0.3, 0.4) is 0 Å². The Bertz CT molecular complexity index is 2200. The zero-order valence-electron chi connectivity index (χ0n) is 23.7. The number of fused-ring (bicyclic) bond motifs is 2. The second-order valence-electron chi connectivity index (χ2n) is 9.83. The van der Waals surface area contributed by atoms with Gasteiger partial charge in [0, 0.05) is 22.6 Å². The van der Waals surface area contributed by atoms with Gasteiger partial charge in [-0.15, -0.1) is 0 Å². The van der Waals surface area contributed by atoms with Crippen LogP contribution in [0.4, 0.5) is 5.69 Å². The topological polar surface area (TPSA) is 126 Å². The van der Waals surface area contributed by atoms with Crippen LogP contribution in [0.5, 0.6) is 5.75 Å². The van der Waals surface area contributed by atoms with Crippen LogP contribution < -0.4 is 19.6 Å². The van der Waals surface area contributed by atoms with Gasteiger partial charge in [0.15, 0.2) is 4.80 Å². The van der Waals surface area contributed by atoms with Gasteiger partial charge in [-0.3, -0.25) is 19.5 Å². The molecule has 44 heavy (non-hydrogen) atoms. The van der Waals surface area contributed by atoms with E-state index in [4.69, 9.17) is 25.5 Å². The lowest BCUT2D eigenvalue weighted by molar-refractivity contribution is -0.384. The average molecular weight is 630 g/mol. The fraction of sp³-hybridized carbons (Fsp3) is 0.156. The van der Waals surface area contributed by atoms with Crippen LogP contribution >= 0.6 is 22.9 Å². The number of carbonyl (C=O) groups is 1. The molecular weight excluding hydrogens is 606 g/mol. The van der Waals surface area contributed by atoms with Gasteiger partial charge in [-0.2, -0.15) is 0 Å². The van der Waals surface area contributed by atoms with Crippen LogP contribution in [0.25, 0.3) is 28.2 Å². The molecule has 0 bridgehead atoms. The Labute approximate surface area is 258 Å². The molecule has 1 aliphatic rings. The summed E-state index contributed by atoms with van der Waals surface area (Å²) in [5.74, 6) is 0.649. The number of nitro groups is 1. The van der Waals surface area contributed by atoms with Crippen molar-refractivity contribution in [2.24, 2.45) is 4.99 Å². The van der Waals surface area contributed by atoms with E-state index in [0.29, 0.717) is 32.1 Å². The fourth-order valence-electron chi connectivity index (χ4n) is 5.37. The second-order valence-corrected chi connectivity index (χ2v) is 11.3. The molecule has 222 valence electrons. The number of nitrogens with zero attached hydrogens (tertiary/aromatic N) is 3. The molecule has 0 aliphatic carbocycles. The minimum absolute atomic E-state index is 0.155. The van der Waals surface area contributed by atoms with E-state index >= 15 is 0 Å². The van der Waals surface area contributed by atoms with Gasteiger partial charge in [-0.1, -0.05) is 53.3 Å². The molecule has 6 rings (SSSR count). The Morgan fingerprint density at radius 3 is 2.66 bits per heavy atom. The molecule has 0 fully saturated rings. The molecule has 0 saturated heterocycles. The molecule has 0 N–H and O–H groups in total. The van der Waals surface area contributed by atoms with E-state index in [-0.39, 0.29) is 39.8 Å². The highest BCUT2D eigenvalue weighted by atomic mass is 35.5. The second kappa shape index (κ2) is 11.6. The van der Waals surface area contributed by atoms with Crippen LogP contribution in [-0.2, 0) is 9.53 Å². The maximum Gasteiger partial charge on any atom is 0.338 e. The lowest BCUT2D eigenvalue weighted by atomic mass is 9.91. The molecule has 5 aromatic rings. The number of hydrogen-bond acceptors (Lipinski definition) is 9. The summed E-state index contributed by atoms with van der Waals surface area (Å²) in [6.45, 7) is 3.60. The molecule has 1 atom stereocenters. The Morgan fingerprint density at radius 2 is 1.93 bits per heavy atom. The van der Waals surface area contributed by atoms with Crippen molar-refractivity contribution in [3.8, 4) is 17.1 Å². The van der Waals surface area contributed by atoms with Gasteiger partial charge in [-0.25, -0.2) is 9.79 Å². The van der Waals surface area contributed by atoms with Crippen molar-refractivity contribution in [2.75, 3.05) is 13.7 Å². The van der Waals surface area contributed by atoms with Crippen LogP contribution in [-0.4, -0.2) is 29.2 Å². The molecule has 3 aromatic carbocycles. The lowest BCUT2D eigenvalue weighted by Gasteiger charge is -2.26. The highest BCUT2D eigenvalue weighted by molar-refractivity contribution is 7.07. The van der Waals surface area contributed by atoms with E-state index in [1.807, 2.05) is 36.4 Å².